The number of aliphatic hydroxyl groups is 1. The number of rotatable bonds is 2. The topological polar surface area (TPSA) is 57.5 Å². The van der Waals surface area contributed by atoms with Crippen molar-refractivity contribution in [2.75, 3.05) is 0 Å². The number of hydrogen-bond acceptors (Lipinski definition) is 2. The molecule has 3 nitrogen and oxygen atoms in total. The molecule has 0 aliphatic heterocycles. The fraction of sp³-hybridized carbons (Fsp3) is 0.864. The van der Waals surface area contributed by atoms with E-state index in [-0.39, 0.29) is 17.9 Å². The van der Waals surface area contributed by atoms with Crippen LogP contribution in [-0.2, 0) is 4.79 Å². The molecule has 0 aromatic heterocycles. The summed E-state index contributed by atoms with van der Waals surface area (Å²) >= 11 is 0. The fourth-order valence-corrected chi connectivity index (χ4v) is 7.63. The number of carboxylic acids is 1. The molecule has 25 heavy (non-hydrogen) atoms. The van der Waals surface area contributed by atoms with Crippen molar-refractivity contribution < 1.29 is 15.0 Å². The smallest absolute Gasteiger partial charge is 0.307 e. The van der Waals surface area contributed by atoms with Crippen LogP contribution in [0.2, 0.25) is 0 Å². The monoisotopic (exact) mass is 346 g/mol. The molecular formula is C22H34O3. The van der Waals surface area contributed by atoms with Gasteiger partial charge in [-0.05, 0) is 92.3 Å². The molecule has 0 radical (unpaired) electrons. The zero-order valence-corrected chi connectivity index (χ0v) is 15.8. The molecule has 2 N–H and O–H groups in total. The van der Waals surface area contributed by atoms with Gasteiger partial charge in [0.05, 0.1) is 12.5 Å². The van der Waals surface area contributed by atoms with Gasteiger partial charge in [-0.15, -0.1) is 0 Å². The second-order valence-electron chi connectivity index (χ2n) is 9.91. The van der Waals surface area contributed by atoms with Gasteiger partial charge < -0.3 is 10.2 Å². The van der Waals surface area contributed by atoms with Crippen molar-refractivity contribution in [3.63, 3.8) is 0 Å². The van der Waals surface area contributed by atoms with Crippen LogP contribution in [0.25, 0.3) is 0 Å². The second-order valence-corrected chi connectivity index (χ2v) is 9.91. The maximum atomic E-state index is 11.0. The third-order valence-corrected chi connectivity index (χ3v) is 9.01. The van der Waals surface area contributed by atoms with E-state index in [1.54, 1.807) is 0 Å². The molecule has 0 saturated heterocycles. The quantitative estimate of drug-likeness (QED) is 0.707. The van der Waals surface area contributed by atoms with Crippen LogP contribution >= 0.6 is 0 Å². The minimum atomic E-state index is -0.706. The Morgan fingerprint density at radius 3 is 2.68 bits per heavy atom. The minimum Gasteiger partial charge on any atom is -0.481 e. The van der Waals surface area contributed by atoms with E-state index in [9.17, 15) is 9.90 Å². The second kappa shape index (κ2) is 6.11. The summed E-state index contributed by atoms with van der Waals surface area (Å²) in [6.07, 6.45) is 12.9. The van der Waals surface area contributed by atoms with E-state index in [4.69, 9.17) is 5.11 Å². The Kier molecular flexibility index (Phi) is 4.30. The highest BCUT2D eigenvalue weighted by atomic mass is 16.4. The van der Waals surface area contributed by atoms with Gasteiger partial charge in [0, 0.05) is 0 Å². The molecule has 2 unspecified atom stereocenters. The Morgan fingerprint density at radius 1 is 1.12 bits per heavy atom. The van der Waals surface area contributed by atoms with Gasteiger partial charge in [-0.1, -0.05) is 25.5 Å². The van der Waals surface area contributed by atoms with Crippen LogP contribution in [-0.4, -0.2) is 22.3 Å². The maximum absolute atomic E-state index is 11.0. The summed E-state index contributed by atoms with van der Waals surface area (Å²) in [5.41, 5.74) is 2.11. The Labute approximate surface area is 151 Å². The van der Waals surface area contributed by atoms with Crippen LogP contribution in [0.4, 0.5) is 0 Å². The first-order valence-electron chi connectivity index (χ1n) is 10.4. The van der Waals surface area contributed by atoms with Gasteiger partial charge in [-0.25, -0.2) is 0 Å². The summed E-state index contributed by atoms with van der Waals surface area (Å²) < 4.78 is 0. The summed E-state index contributed by atoms with van der Waals surface area (Å²) in [5, 5.41) is 19.2. The number of aliphatic hydroxyl groups excluding tert-OH is 1. The number of aliphatic carboxylic acids is 1. The average molecular weight is 347 g/mol. The Bertz CT molecular complexity index is 582. The number of fused-ring (bicyclic) bond motifs is 5. The van der Waals surface area contributed by atoms with Crippen LogP contribution in [0.3, 0.4) is 0 Å². The lowest BCUT2D eigenvalue weighted by atomic mass is 9.45. The van der Waals surface area contributed by atoms with E-state index in [2.05, 4.69) is 13.8 Å². The summed E-state index contributed by atoms with van der Waals surface area (Å²) in [5.74, 6) is 2.38. The molecule has 0 aromatic carbocycles. The third-order valence-electron chi connectivity index (χ3n) is 9.01. The molecule has 0 bridgehead atoms. The Balaban J connectivity index is 1.58. The van der Waals surface area contributed by atoms with Crippen molar-refractivity contribution in [3.05, 3.63) is 11.6 Å². The molecule has 0 spiro atoms. The lowest BCUT2D eigenvalue weighted by molar-refractivity contribution is -0.136. The molecular weight excluding hydrogens is 312 g/mol. The van der Waals surface area contributed by atoms with Gasteiger partial charge in [0.2, 0.25) is 0 Å². The van der Waals surface area contributed by atoms with E-state index in [1.165, 1.54) is 44.1 Å². The van der Waals surface area contributed by atoms with E-state index < -0.39 is 5.97 Å². The zero-order valence-electron chi connectivity index (χ0n) is 15.8. The standard InChI is InChI=1S/C22H34O3/c1-21-12-10-19-17(18(21)7-4-14(21)5-8-20(24)25)6-3-15-13-16(23)9-11-22(15,19)2/h5,15-19,23H,3-4,6-13H2,1-2H3,(H,24,25)/t15?,16?,17-,18-,19-,21+,22-/m0/s1. The minimum absolute atomic E-state index is 0.0690. The van der Waals surface area contributed by atoms with Crippen molar-refractivity contribution in [1.29, 1.82) is 0 Å². The van der Waals surface area contributed by atoms with Crippen LogP contribution in [0.15, 0.2) is 11.6 Å². The molecule has 0 heterocycles. The first-order valence-corrected chi connectivity index (χ1v) is 10.4. The summed E-state index contributed by atoms with van der Waals surface area (Å²) in [4.78, 5) is 11.0. The van der Waals surface area contributed by atoms with Gasteiger partial charge in [0.1, 0.15) is 0 Å². The van der Waals surface area contributed by atoms with Crippen LogP contribution < -0.4 is 0 Å². The molecule has 140 valence electrons. The fourth-order valence-electron chi connectivity index (χ4n) is 7.63. The van der Waals surface area contributed by atoms with Gasteiger partial charge in [0.25, 0.3) is 0 Å². The lowest BCUT2D eigenvalue weighted by Gasteiger charge is -2.60. The molecule has 7 atom stereocenters. The number of carboxylic acid groups (broad SMARTS) is 1. The highest BCUT2D eigenvalue weighted by Gasteiger charge is 2.58. The highest BCUT2D eigenvalue weighted by Crippen LogP contribution is 2.67. The number of allylic oxidation sites excluding steroid dienone is 1. The van der Waals surface area contributed by atoms with Gasteiger partial charge >= 0.3 is 5.97 Å². The molecule has 0 aromatic rings. The SMILES string of the molecule is C[C@]12CCC(O)CC1CC[C@@H]1[C@@H]2CC[C@]2(C)C(=CCC(=O)O)CC[C@@H]12. The van der Waals surface area contributed by atoms with Crippen LogP contribution in [0.5, 0.6) is 0 Å². The highest BCUT2D eigenvalue weighted by molar-refractivity contribution is 5.68. The maximum Gasteiger partial charge on any atom is 0.307 e. The van der Waals surface area contributed by atoms with Crippen molar-refractivity contribution >= 4 is 5.97 Å². The van der Waals surface area contributed by atoms with Crippen molar-refractivity contribution in [3.8, 4) is 0 Å². The first-order chi connectivity index (χ1) is 11.8. The molecule has 4 aliphatic rings. The molecule has 0 amide bonds. The molecule has 4 fully saturated rings. The van der Waals surface area contributed by atoms with E-state index >= 15 is 0 Å². The molecule has 4 rings (SSSR count). The van der Waals surface area contributed by atoms with Gasteiger partial charge in [0.15, 0.2) is 0 Å². The molecule has 4 saturated carbocycles. The predicted octanol–water partition coefficient (Wildman–Crippen LogP) is 4.79. The third kappa shape index (κ3) is 2.69. The predicted molar refractivity (Wildman–Crippen MR) is 98.1 cm³/mol. The Hall–Kier alpha value is -0.830. The van der Waals surface area contributed by atoms with Crippen molar-refractivity contribution in [1.82, 2.24) is 0 Å². The number of carbonyl (C=O) groups is 1. The number of hydrogen-bond donors (Lipinski definition) is 2. The lowest BCUT2D eigenvalue weighted by Crippen LogP contribution is -2.53. The summed E-state index contributed by atoms with van der Waals surface area (Å²) in [6.45, 7) is 4.95. The normalized spacial score (nSPS) is 50.8. The van der Waals surface area contributed by atoms with Crippen LogP contribution in [0, 0.1) is 34.5 Å². The van der Waals surface area contributed by atoms with Crippen LogP contribution in [0.1, 0.15) is 78.1 Å². The van der Waals surface area contributed by atoms with Crippen molar-refractivity contribution in [2.24, 2.45) is 34.5 Å². The summed E-state index contributed by atoms with van der Waals surface area (Å²) in [6, 6.07) is 0. The van der Waals surface area contributed by atoms with Crippen molar-refractivity contribution in [2.45, 2.75) is 84.2 Å². The Morgan fingerprint density at radius 2 is 1.92 bits per heavy atom. The van der Waals surface area contributed by atoms with Gasteiger partial charge in [-0.2, -0.15) is 0 Å². The van der Waals surface area contributed by atoms with Gasteiger partial charge in [-0.3, -0.25) is 4.79 Å². The van der Waals surface area contributed by atoms with E-state index in [0.29, 0.717) is 11.3 Å². The first kappa shape index (κ1) is 17.6. The summed E-state index contributed by atoms with van der Waals surface area (Å²) in [7, 11) is 0. The largest absolute Gasteiger partial charge is 0.481 e. The average Bonchev–Trinajstić information content (AvgIpc) is 2.90. The molecule has 4 aliphatic carbocycles. The zero-order chi connectivity index (χ0) is 17.8. The van der Waals surface area contributed by atoms with E-state index in [1.807, 2.05) is 6.08 Å². The van der Waals surface area contributed by atoms with E-state index in [0.717, 1.165) is 37.0 Å². The molecule has 3 heteroatoms.